The molecule has 2 aliphatic rings. The van der Waals surface area contributed by atoms with Crippen LogP contribution in [0.15, 0.2) is 0 Å². The first-order valence-corrected chi connectivity index (χ1v) is 6.15. The zero-order valence-corrected chi connectivity index (χ0v) is 10.5. The van der Waals surface area contributed by atoms with Gasteiger partial charge in [-0.3, -0.25) is 9.69 Å². The molecule has 1 aliphatic carbocycles. The highest BCUT2D eigenvalue weighted by atomic mass is 35.5. The van der Waals surface area contributed by atoms with E-state index in [4.69, 9.17) is 28.9 Å². The molecular formula is C10H15Cl2FN2O. The standard InChI is InChI=1S/C10H15Cl2FN2O/c1-5(7-3-10(7,11)12)15-4-6(13)2-8(15)9(14)16/h5-8H,2-4H2,1H3,(H2,14,16)/t5-,6?,7-,8?/m1/s1. The van der Waals surface area contributed by atoms with E-state index in [9.17, 15) is 9.18 Å². The molecule has 3 nitrogen and oxygen atoms in total. The maximum atomic E-state index is 13.3. The minimum absolute atomic E-state index is 0.00625. The number of hydrogen-bond acceptors (Lipinski definition) is 2. The summed E-state index contributed by atoms with van der Waals surface area (Å²) in [5, 5.41) is 0. The summed E-state index contributed by atoms with van der Waals surface area (Å²) in [6, 6.07) is -0.525. The van der Waals surface area contributed by atoms with Crippen molar-refractivity contribution in [3.8, 4) is 0 Å². The van der Waals surface area contributed by atoms with Crippen LogP contribution in [0.4, 0.5) is 4.39 Å². The minimum Gasteiger partial charge on any atom is -0.368 e. The number of primary amides is 1. The van der Waals surface area contributed by atoms with Crippen LogP contribution in [0, 0.1) is 5.92 Å². The van der Waals surface area contributed by atoms with Gasteiger partial charge in [-0.05, 0) is 13.3 Å². The van der Waals surface area contributed by atoms with E-state index in [1.807, 2.05) is 6.92 Å². The second-order valence-electron chi connectivity index (χ2n) is 4.76. The lowest BCUT2D eigenvalue weighted by atomic mass is 10.1. The SMILES string of the molecule is C[C@H]([C@H]1CC1(Cl)Cl)N1CC(F)CC1C(N)=O. The summed E-state index contributed by atoms with van der Waals surface area (Å²) in [6.07, 6.45) is -0.112. The lowest BCUT2D eigenvalue weighted by Crippen LogP contribution is -2.46. The number of nitrogens with two attached hydrogens (primary N) is 1. The molecule has 0 aromatic carbocycles. The van der Waals surface area contributed by atoms with Crippen LogP contribution in [0.5, 0.6) is 0 Å². The van der Waals surface area contributed by atoms with Gasteiger partial charge in [0.15, 0.2) is 0 Å². The van der Waals surface area contributed by atoms with Crippen LogP contribution in [0.25, 0.3) is 0 Å². The fourth-order valence-corrected chi connectivity index (χ4v) is 3.22. The molecule has 92 valence electrons. The van der Waals surface area contributed by atoms with E-state index in [1.54, 1.807) is 4.90 Å². The number of halogens is 3. The van der Waals surface area contributed by atoms with Gasteiger partial charge in [-0.2, -0.15) is 0 Å². The molecule has 1 saturated carbocycles. The van der Waals surface area contributed by atoms with Gasteiger partial charge in [-0.15, -0.1) is 23.2 Å². The topological polar surface area (TPSA) is 46.3 Å². The van der Waals surface area contributed by atoms with Gasteiger partial charge in [0, 0.05) is 24.9 Å². The molecule has 2 N–H and O–H groups in total. The molecule has 1 saturated heterocycles. The molecule has 0 radical (unpaired) electrons. The molecule has 1 amide bonds. The fraction of sp³-hybridized carbons (Fsp3) is 0.900. The van der Waals surface area contributed by atoms with Gasteiger partial charge in [0.25, 0.3) is 0 Å². The number of amides is 1. The highest BCUT2D eigenvalue weighted by Crippen LogP contribution is 2.56. The summed E-state index contributed by atoms with van der Waals surface area (Å²) in [6.45, 7) is 2.17. The second kappa shape index (κ2) is 4.00. The minimum atomic E-state index is -0.987. The van der Waals surface area contributed by atoms with E-state index in [1.165, 1.54) is 0 Å². The van der Waals surface area contributed by atoms with Crippen molar-refractivity contribution in [2.45, 2.75) is 42.4 Å². The third kappa shape index (κ3) is 2.15. The largest absolute Gasteiger partial charge is 0.368 e. The van der Waals surface area contributed by atoms with Gasteiger partial charge in [0.2, 0.25) is 5.91 Å². The van der Waals surface area contributed by atoms with Gasteiger partial charge in [0.05, 0.1) is 6.04 Å². The van der Waals surface area contributed by atoms with Crippen LogP contribution in [-0.2, 0) is 4.79 Å². The molecule has 0 spiro atoms. The molecule has 2 fully saturated rings. The molecule has 4 atom stereocenters. The summed E-state index contributed by atoms with van der Waals surface area (Å²) in [5.74, 6) is -0.370. The van der Waals surface area contributed by atoms with Gasteiger partial charge >= 0.3 is 0 Å². The van der Waals surface area contributed by atoms with E-state index >= 15 is 0 Å². The first kappa shape index (κ1) is 12.4. The Bertz CT molecular complexity index is 313. The fourth-order valence-electron chi connectivity index (χ4n) is 2.53. The Morgan fingerprint density at radius 2 is 2.19 bits per heavy atom. The predicted octanol–water partition coefficient (Wildman–Crippen LogP) is 1.47. The van der Waals surface area contributed by atoms with Crippen molar-refractivity contribution in [3.05, 3.63) is 0 Å². The Morgan fingerprint density at radius 3 is 2.62 bits per heavy atom. The van der Waals surface area contributed by atoms with Crippen LogP contribution < -0.4 is 5.73 Å². The lowest BCUT2D eigenvalue weighted by Gasteiger charge is -2.29. The van der Waals surface area contributed by atoms with Crippen LogP contribution in [0.1, 0.15) is 19.8 Å². The number of rotatable bonds is 3. The molecule has 0 bridgehead atoms. The van der Waals surface area contributed by atoms with E-state index in [0.29, 0.717) is 6.42 Å². The van der Waals surface area contributed by atoms with Gasteiger partial charge < -0.3 is 5.73 Å². The molecule has 6 heteroatoms. The Labute approximate surface area is 104 Å². The quantitative estimate of drug-likeness (QED) is 0.788. The number of likely N-dealkylation sites (tertiary alicyclic amines) is 1. The lowest BCUT2D eigenvalue weighted by molar-refractivity contribution is -0.123. The first-order chi connectivity index (χ1) is 7.33. The van der Waals surface area contributed by atoms with Crippen molar-refractivity contribution in [1.29, 1.82) is 0 Å². The second-order valence-corrected chi connectivity index (χ2v) is 6.30. The molecule has 16 heavy (non-hydrogen) atoms. The van der Waals surface area contributed by atoms with Crippen LogP contribution in [-0.4, -0.2) is 39.9 Å². The van der Waals surface area contributed by atoms with Crippen molar-refractivity contribution < 1.29 is 9.18 Å². The van der Waals surface area contributed by atoms with Crippen molar-refractivity contribution in [3.63, 3.8) is 0 Å². The summed E-state index contributed by atoms with van der Waals surface area (Å²) < 4.78 is 12.6. The van der Waals surface area contributed by atoms with Gasteiger partial charge in [0.1, 0.15) is 10.5 Å². The van der Waals surface area contributed by atoms with Crippen molar-refractivity contribution in [2.75, 3.05) is 6.54 Å². The van der Waals surface area contributed by atoms with E-state index < -0.39 is 22.5 Å². The average molecular weight is 269 g/mol. The van der Waals surface area contributed by atoms with Gasteiger partial charge in [-0.25, -0.2) is 4.39 Å². The molecule has 0 aromatic rings. The summed E-state index contributed by atoms with van der Waals surface area (Å²) in [7, 11) is 0. The molecule has 0 aromatic heterocycles. The van der Waals surface area contributed by atoms with Crippen LogP contribution in [0.2, 0.25) is 0 Å². The molecule has 1 aliphatic heterocycles. The van der Waals surface area contributed by atoms with E-state index in [-0.39, 0.29) is 24.9 Å². The Balaban J connectivity index is 2.05. The molecule has 2 unspecified atom stereocenters. The molecular weight excluding hydrogens is 254 g/mol. The predicted molar refractivity (Wildman–Crippen MR) is 61.2 cm³/mol. The zero-order valence-electron chi connectivity index (χ0n) is 9.00. The Morgan fingerprint density at radius 1 is 1.62 bits per heavy atom. The summed E-state index contributed by atoms with van der Waals surface area (Å²) in [4.78, 5) is 13.0. The average Bonchev–Trinajstić information content (AvgIpc) is 2.62. The van der Waals surface area contributed by atoms with E-state index in [0.717, 1.165) is 0 Å². The summed E-state index contributed by atoms with van der Waals surface area (Å²) >= 11 is 11.9. The monoisotopic (exact) mass is 268 g/mol. The van der Waals surface area contributed by atoms with E-state index in [2.05, 4.69) is 0 Å². The number of nitrogens with zero attached hydrogens (tertiary/aromatic N) is 1. The molecule has 2 rings (SSSR count). The number of carbonyl (C=O) groups excluding carboxylic acids is 1. The molecule has 1 heterocycles. The Hall–Kier alpha value is -0.0600. The third-order valence-electron chi connectivity index (χ3n) is 3.60. The van der Waals surface area contributed by atoms with Crippen molar-refractivity contribution >= 4 is 29.1 Å². The summed E-state index contributed by atoms with van der Waals surface area (Å²) in [5.41, 5.74) is 5.26. The first-order valence-electron chi connectivity index (χ1n) is 5.40. The maximum Gasteiger partial charge on any atom is 0.234 e. The normalized spacial score (nSPS) is 39.6. The van der Waals surface area contributed by atoms with Crippen LogP contribution >= 0.6 is 23.2 Å². The number of hydrogen-bond donors (Lipinski definition) is 1. The van der Waals surface area contributed by atoms with Gasteiger partial charge in [-0.1, -0.05) is 0 Å². The highest BCUT2D eigenvalue weighted by molar-refractivity contribution is 6.50. The number of carbonyl (C=O) groups is 1. The highest BCUT2D eigenvalue weighted by Gasteiger charge is 2.57. The maximum absolute atomic E-state index is 13.3. The van der Waals surface area contributed by atoms with Crippen molar-refractivity contribution in [1.82, 2.24) is 4.90 Å². The van der Waals surface area contributed by atoms with Crippen LogP contribution in [0.3, 0.4) is 0 Å². The smallest absolute Gasteiger partial charge is 0.234 e. The Kier molecular flexibility index (Phi) is 3.10. The third-order valence-corrected chi connectivity index (χ3v) is 4.47. The van der Waals surface area contributed by atoms with Crippen molar-refractivity contribution in [2.24, 2.45) is 11.7 Å². The zero-order chi connectivity index (χ0) is 12.1. The number of alkyl halides is 3.